The Hall–Kier alpha value is -0.0500. The van der Waals surface area contributed by atoms with E-state index in [0.29, 0.717) is 5.41 Å². The smallest absolute Gasteiger partial charge is 0.220 e. The summed E-state index contributed by atoms with van der Waals surface area (Å²) < 4.78 is 0. The molecule has 0 unspecified atom stereocenters. The molecule has 1 N–H and O–H groups in total. The summed E-state index contributed by atoms with van der Waals surface area (Å²) in [4.78, 5) is 12.0. The van der Waals surface area contributed by atoms with Gasteiger partial charge >= 0.3 is 0 Å². The van der Waals surface area contributed by atoms with Crippen molar-refractivity contribution < 1.29 is 4.79 Å². The van der Waals surface area contributed by atoms with Crippen molar-refractivity contribution in [3.63, 3.8) is 0 Å². The second-order valence-corrected chi connectivity index (χ2v) is 7.22. The monoisotopic (exact) mass is 329 g/mol. The predicted molar refractivity (Wildman–Crippen MR) is 83.5 cm³/mol. The Morgan fingerprint density at radius 1 is 1.11 bits per heavy atom. The van der Waals surface area contributed by atoms with E-state index in [9.17, 15) is 4.79 Å². The van der Waals surface area contributed by atoms with Crippen LogP contribution in [0.1, 0.15) is 70.6 Å². The molecule has 0 aliphatic heterocycles. The summed E-state index contributed by atoms with van der Waals surface area (Å²) in [7, 11) is 0. The third-order valence-corrected chi connectivity index (χ3v) is 6.30. The van der Waals surface area contributed by atoms with Gasteiger partial charge in [0.1, 0.15) is 0 Å². The van der Waals surface area contributed by atoms with E-state index in [1.165, 1.54) is 57.8 Å². The van der Waals surface area contributed by atoms with Crippen LogP contribution in [0.25, 0.3) is 0 Å². The molecular weight excluding hydrogens is 302 g/mol. The minimum Gasteiger partial charge on any atom is -0.356 e. The Kier molecular flexibility index (Phi) is 6.18. The zero-order valence-electron chi connectivity index (χ0n) is 12.1. The first kappa shape index (κ1) is 15.3. The number of amides is 1. The van der Waals surface area contributed by atoms with Crippen LogP contribution in [0.4, 0.5) is 0 Å². The second-order valence-electron chi connectivity index (χ2n) is 6.66. The van der Waals surface area contributed by atoms with E-state index in [2.05, 4.69) is 21.2 Å². The fourth-order valence-electron chi connectivity index (χ4n) is 3.67. The highest BCUT2D eigenvalue weighted by Crippen LogP contribution is 2.37. The number of hydrogen-bond acceptors (Lipinski definition) is 1. The predicted octanol–water partition coefficient (Wildman–Crippen LogP) is 4.42. The number of carbonyl (C=O) groups excluding carboxylic acids is 1. The van der Waals surface area contributed by atoms with Gasteiger partial charge in [0.2, 0.25) is 5.91 Å². The van der Waals surface area contributed by atoms with Gasteiger partial charge in [0.15, 0.2) is 0 Å². The van der Waals surface area contributed by atoms with Gasteiger partial charge in [0.25, 0.3) is 0 Å². The summed E-state index contributed by atoms with van der Waals surface area (Å²) in [6.07, 6.45) is 13.8. The van der Waals surface area contributed by atoms with Gasteiger partial charge in [-0.25, -0.2) is 0 Å². The maximum atomic E-state index is 12.0. The van der Waals surface area contributed by atoms with Crippen molar-refractivity contribution >= 4 is 21.8 Å². The molecule has 3 heteroatoms. The average Bonchev–Trinajstić information content (AvgIpc) is 2.97. The largest absolute Gasteiger partial charge is 0.356 e. The Balaban J connectivity index is 1.66. The fourth-order valence-corrected chi connectivity index (χ4v) is 4.43. The molecule has 2 aliphatic rings. The quantitative estimate of drug-likeness (QED) is 0.718. The van der Waals surface area contributed by atoms with Crippen LogP contribution in [0.3, 0.4) is 0 Å². The molecule has 2 fully saturated rings. The van der Waals surface area contributed by atoms with Crippen LogP contribution in [-0.2, 0) is 4.79 Å². The summed E-state index contributed by atoms with van der Waals surface area (Å²) in [6.45, 7) is 0.877. The van der Waals surface area contributed by atoms with Crippen molar-refractivity contribution in [2.75, 3.05) is 11.9 Å². The maximum Gasteiger partial charge on any atom is 0.220 e. The normalized spacial score (nSPS) is 23.4. The SMILES string of the molecule is O=C(CCC1CCCC1)NCC1(CBr)CCCCC1. The Bertz CT molecular complexity index is 280. The molecule has 110 valence electrons. The molecule has 0 spiro atoms. The summed E-state index contributed by atoms with van der Waals surface area (Å²) >= 11 is 3.66. The zero-order chi connectivity index (χ0) is 13.6. The lowest BCUT2D eigenvalue weighted by atomic mass is 9.75. The van der Waals surface area contributed by atoms with E-state index >= 15 is 0 Å². The van der Waals surface area contributed by atoms with E-state index in [4.69, 9.17) is 0 Å². The lowest BCUT2D eigenvalue weighted by Crippen LogP contribution is -2.40. The number of nitrogens with one attached hydrogen (secondary N) is 1. The lowest BCUT2D eigenvalue weighted by molar-refractivity contribution is -0.121. The van der Waals surface area contributed by atoms with Crippen LogP contribution in [0.15, 0.2) is 0 Å². The van der Waals surface area contributed by atoms with E-state index in [0.717, 1.165) is 30.6 Å². The summed E-state index contributed by atoms with van der Waals surface area (Å²) in [5.74, 6) is 1.10. The van der Waals surface area contributed by atoms with Crippen LogP contribution in [0.2, 0.25) is 0 Å². The van der Waals surface area contributed by atoms with Gasteiger partial charge in [-0.05, 0) is 30.6 Å². The van der Waals surface area contributed by atoms with Crippen molar-refractivity contribution in [3.8, 4) is 0 Å². The molecule has 0 aromatic rings. The molecular formula is C16H28BrNO. The van der Waals surface area contributed by atoms with Crippen molar-refractivity contribution in [1.29, 1.82) is 0 Å². The molecule has 0 aromatic heterocycles. The van der Waals surface area contributed by atoms with Gasteiger partial charge in [-0.1, -0.05) is 60.9 Å². The van der Waals surface area contributed by atoms with E-state index in [1.54, 1.807) is 0 Å². The van der Waals surface area contributed by atoms with Crippen LogP contribution in [-0.4, -0.2) is 17.8 Å². The molecule has 0 saturated heterocycles. The van der Waals surface area contributed by atoms with Crippen molar-refractivity contribution in [1.82, 2.24) is 5.32 Å². The van der Waals surface area contributed by atoms with Gasteiger partial charge in [-0.15, -0.1) is 0 Å². The molecule has 0 heterocycles. The highest BCUT2D eigenvalue weighted by atomic mass is 79.9. The summed E-state index contributed by atoms with van der Waals surface area (Å²) in [5.41, 5.74) is 0.335. The zero-order valence-corrected chi connectivity index (χ0v) is 13.6. The summed E-state index contributed by atoms with van der Waals surface area (Å²) in [6, 6.07) is 0. The molecule has 2 nitrogen and oxygen atoms in total. The van der Waals surface area contributed by atoms with Crippen LogP contribution in [0, 0.1) is 11.3 Å². The third-order valence-electron chi connectivity index (χ3n) is 5.11. The minimum absolute atomic E-state index is 0.276. The molecule has 19 heavy (non-hydrogen) atoms. The first-order valence-corrected chi connectivity index (χ1v) is 9.19. The maximum absolute atomic E-state index is 12.0. The molecule has 2 aliphatic carbocycles. The minimum atomic E-state index is 0.276. The Labute approximate surface area is 126 Å². The molecule has 2 saturated carbocycles. The van der Waals surface area contributed by atoms with Crippen molar-refractivity contribution in [2.45, 2.75) is 70.6 Å². The second kappa shape index (κ2) is 7.66. The van der Waals surface area contributed by atoms with E-state index in [-0.39, 0.29) is 5.91 Å². The number of carbonyl (C=O) groups is 1. The lowest BCUT2D eigenvalue weighted by Gasteiger charge is -2.35. The first-order valence-electron chi connectivity index (χ1n) is 8.07. The van der Waals surface area contributed by atoms with Gasteiger partial charge in [0, 0.05) is 18.3 Å². The van der Waals surface area contributed by atoms with Crippen LogP contribution < -0.4 is 5.32 Å². The van der Waals surface area contributed by atoms with Crippen molar-refractivity contribution in [2.24, 2.45) is 11.3 Å². The van der Waals surface area contributed by atoms with Gasteiger partial charge < -0.3 is 5.32 Å². The average molecular weight is 330 g/mol. The fraction of sp³-hybridized carbons (Fsp3) is 0.938. The first-order chi connectivity index (χ1) is 9.24. The third kappa shape index (κ3) is 4.77. The van der Waals surface area contributed by atoms with Gasteiger partial charge in [-0.2, -0.15) is 0 Å². The standard InChI is InChI=1S/C16H28BrNO/c17-12-16(10-4-1-5-11-16)13-18-15(19)9-8-14-6-2-3-7-14/h14H,1-13H2,(H,18,19). The highest BCUT2D eigenvalue weighted by molar-refractivity contribution is 9.09. The Morgan fingerprint density at radius 3 is 2.42 bits per heavy atom. The number of halogens is 1. The van der Waals surface area contributed by atoms with Crippen LogP contribution in [0.5, 0.6) is 0 Å². The van der Waals surface area contributed by atoms with Gasteiger partial charge in [-0.3, -0.25) is 4.79 Å². The van der Waals surface area contributed by atoms with E-state index in [1.807, 2.05) is 0 Å². The number of rotatable bonds is 6. The molecule has 1 amide bonds. The molecule has 2 rings (SSSR count). The molecule has 0 atom stereocenters. The molecule has 0 aromatic carbocycles. The number of alkyl halides is 1. The molecule has 0 bridgehead atoms. The highest BCUT2D eigenvalue weighted by Gasteiger charge is 2.31. The summed E-state index contributed by atoms with van der Waals surface area (Å²) in [5, 5.41) is 4.23. The Morgan fingerprint density at radius 2 is 1.79 bits per heavy atom. The van der Waals surface area contributed by atoms with E-state index < -0.39 is 0 Å². The topological polar surface area (TPSA) is 29.1 Å². The molecule has 0 radical (unpaired) electrons. The van der Waals surface area contributed by atoms with Crippen LogP contribution >= 0.6 is 15.9 Å². The number of hydrogen-bond donors (Lipinski definition) is 1. The van der Waals surface area contributed by atoms with Gasteiger partial charge in [0.05, 0.1) is 0 Å². The van der Waals surface area contributed by atoms with Crippen molar-refractivity contribution in [3.05, 3.63) is 0 Å².